The van der Waals surface area contributed by atoms with Gasteiger partial charge in [0.25, 0.3) is 10.1 Å². The Morgan fingerprint density at radius 2 is 1.76 bits per heavy atom. The highest BCUT2D eigenvalue weighted by molar-refractivity contribution is 7.86. The van der Waals surface area contributed by atoms with Crippen LogP contribution in [0.2, 0.25) is 0 Å². The van der Waals surface area contributed by atoms with Gasteiger partial charge in [-0.25, -0.2) is 4.79 Å². The van der Waals surface area contributed by atoms with Gasteiger partial charge in [0, 0.05) is 16.7 Å². The summed E-state index contributed by atoms with van der Waals surface area (Å²) < 4.78 is 32.4. The predicted molar refractivity (Wildman–Crippen MR) is 97.3 cm³/mol. The number of carbonyl (C=O) groups is 2. The Labute approximate surface area is 149 Å². The molecule has 6 N–H and O–H groups in total. The van der Waals surface area contributed by atoms with Crippen LogP contribution >= 0.6 is 0 Å². The van der Waals surface area contributed by atoms with Crippen LogP contribution in [0.15, 0.2) is 23.8 Å². The number of hydrogen-bond acceptors (Lipinski definition) is 5. The van der Waals surface area contributed by atoms with Crippen LogP contribution in [0.1, 0.15) is 53.4 Å². The lowest BCUT2D eigenvalue weighted by Crippen LogP contribution is -2.44. The molecule has 0 aromatic carbocycles. The molecule has 25 heavy (non-hydrogen) atoms. The molecule has 0 spiro atoms. The van der Waals surface area contributed by atoms with Crippen molar-refractivity contribution in [2.24, 2.45) is 0 Å². The number of nitrogens with one attached hydrogen (secondary N) is 1. The van der Waals surface area contributed by atoms with E-state index in [1.807, 2.05) is 0 Å². The fourth-order valence-electron chi connectivity index (χ4n) is 2.01. The maximum Gasteiger partial charge on any atom is 0.330 e. The van der Waals surface area contributed by atoms with Crippen LogP contribution in [0, 0.1) is 0 Å². The maximum absolute atomic E-state index is 11.7. The van der Waals surface area contributed by atoms with Crippen molar-refractivity contribution in [1.29, 1.82) is 0 Å². The summed E-state index contributed by atoms with van der Waals surface area (Å²) in [4.78, 5) is 22.4. The third-order valence-electron chi connectivity index (χ3n) is 3.63. The molecule has 9 heteroatoms. The van der Waals surface area contributed by atoms with E-state index in [0.29, 0.717) is 12.0 Å². The predicted octanol–water partition coefficient (Wildman–Crippen LogP) is 2.47. The molecule has 8 nitrogen and oxygen atoms in total. The summed E-state index contributed by atoms with van der Waals surface area (Å²) in [6.45, 7) is 10.0. The van der Waals surface area contributed by atoms with Crippen molar-refractivity contribution in [3.05, 3.63) is 23.8 Å². The number of amides is 1. The number of aliphatic carboxylic acids is 1. The fraction of sp³-hybridized carbons (Fsp3) is 0.625. The van der Waals surface area contributed by atoms with E-state index in [2.05, 4.69) is 11.9 Å². The third-order valence-corrected chi connectivity index (χ3v) is 4.94. The van der Waals surface area contributed by atoms with E-state index in [1.165, 1.54) is 13.0 Å². The topological polar surface area (TPSA) is 156 Å². The van der Waals surface area contributed by atoms with Crippen LogP contribution in [-0.4, -0.2) is 40.7 Å². The van der Waals surface area contributed by atoms with Gasteiger partial charge < -0.3 is 16.6 Å². The summed E-state index contributed by atoms with van der Waals surface area (Å²) in [5, 5.41) is 10.5. The Bertz CT molecular complexity index is 623. The quantitative estimate of drug-likeness (QED) is 0.336. The number of carboxylic acid groups (broad SMARTS) is 1. The largest absolute Gasteiger partial charge is 0.478 e. The van der Waals surface area contributed by atoms with Crippen LogP contribution in [-0.2, 0) is 19.7 Å². The Hall–Kier alpha value is -1.71. The molecule has 0 aliphatic heterocycles. The van der Waals surface area contributed by atoms with E-state index in [-0.39, 0.29) is 36.9 Å². The SMILES string of the molecule is C=C(C)C(=O)NC(C)(C)CCC(CCC=C(C)C(=O)O)S(=O)(=O)O.N. The molecule has 1 unspecified atom stereocenters. The molecule has 146 valence electrons. The van der Waals surface area contributed by atoms with Gasteiger partial charge in [0.05, 0.1) is 5.25 Å². The molecule has 0 aliphatic carbocycles. The van der Waals surface area contributed by atoms with Gasteiger partial charge in [0.2, 0.25) is 5.91 Å². The highest BCUT2D eigenvalue weighted by Gasteiger charge is 2.27. The second kappa shape index (κ2) is 10.3. The highest BCUT2D eigenvalue weighted by atomic mass is 32.2. The average Bonchev–Trinajstić information content (AvgIpc) is 2.39. The Morgan fingerprint density at radius 1 is 1.24 bits per heavy atom. The molecular formula is C16H30N2O6S. The fourth-order valence-corrected chi connectivity index (χ4v) is 2.86. The molecule has 0 aliphatic rings. The van der Waals surface area contributed by atoms with Crippen LogP contribution in [0.25, 0.3) is 0 Å². The normalized spacial score (nSPS) is 13.6. The number of rotatable bonds is 10. The lowest BCUT2D eigenvalue weighted by molar-refractivity contribution is -0.132. The van der Waals surface area contributed by atoms with Gasteiger partial charge >= 0.3 is 5.97 Å². The zero-order valence-corrected chi connectivity index (χ0v) is 16.1. The zero-order chi connectivity index (χ0) is 19.1. The lowest BCUT2D eigenvalue weighted by atomic mass is 9.95. The van der Waals surface area contributed by atoms with Crippen molar-refractivity contribution in [3.8, 4) is 0 Å². The van der Waals surface area contributed by atoms with Crippen molar-refractivity contribution in [1.82, 2.24) is 11.5 Å². The summed E-state index contributed by atoms with van der Waals surface area (Å²) in [5.41, 5.74) is -0.187. The minimum atomic E-state index is -4.26. The standard InChI is InChI=1S/C16H27NO6S.H3N/c1-11(2)14(18)17-16(4,5)10-9-13(24(21,22)23)8-6-7-12(3)15(19)20;/h7,13H,1,6,8-10H2,2-5H3,(H,17,18)(H,19,20)(H,21,22,23);1H3. The Kier molecular flexibility index (Phi) is 10.5. The first-order valence-corrected chi connectivity index (χ1v) is 9.11. The second-order valence-corrected chi connectivity index (χ2v) is 8.26. The van der Waals surface area contributed by atoms with Gasteiger partial charge in [0.1, 0.15) is 0 Å². The Morgan fingerprint density at radius 3 is 2.16 bits per heavy atom. The van der Waals surface area contributed by atoms with E-state index >= 15 is 0 Å². The molecule has 0 fully saturated rings. The van der Waals surface area contributed by atoms with Gasteiger partial charge in [-0.2, -0.15) is 8.42 Å². The number of carboxylic acids is 1. The van der Waals surface area contributed by atoms with Crippen LogP contribution in [0.5, 0.6) is 0 Å². The van der Waals surface area contributed by atoms with Crippen LogP contribution in [0.3, 0.4) is 0 Å². The van der Waals surface area contributed by atoms with E-state index in [9.17, 15) is 22.6 Å². The van der Waals surface area contributed by atoms with E-state index in [1.54, 1.807) is 20.8 Å². The molecule has 0 aromatic heterocycles. The summed E-state index contributed by atoms with van der Waals surface area (Å²) in [7, 11) is -4.26. The zero-order valence-electron chi connectivity index (χ0n) is 15.3. The molecule has 1 atom stereocenters. The van der Waals surface area contributed by atoms with Crippen LogP contribution < -0.4 is 11.5 Å². The minimum Gasteiger partial charge on any atom is -0.478 e. The monoisotopic (exact) mass is 378 g/mol. The number of hydrogen-bond donors (Lipinski definition) is 4. The molecule has 0 rings (SSSR count). The average molecular weight is 378 g/mol. The smallest absolute Gasteiger partial charge is 0.330 e. The van der Waals surface area contributed by atoms with Gasteiger partial charge in [-0.05, 0) is 53.4 Å². The van der Waals surface area contributed by atoms with E-state index in [0.717, 1.165) is 0 Å². The first-order valence-electron chi connectivity index (χ1n) is 7.60. The van der Waals surface area contributed by atoms with Crippen LogP contribution in [0.4, 0.5) is 0 Å². The lowest BCUT2D eigenvalue weighted by Gasteiger charge is -2.28. The molecule has 1 amide bonds. The molecular weight excluding hydrogens is 348 g/mol. The first kappa shape index (κ1) is 25.5. The third kappa shape index (κ3) is 10.7. The van der Waals surface area contributed by atoms with E-state index < -0.39 is 26.9 Å². The number of allylic oxidation sites excluding steroid dienone is 1. The maximum atomic E-state index is 11.7. The summed E-state index contributed by atoms with van der Waals surface area (Å²) in [5.74, 6) is -1.38. The van der Waals surface area contributed by atoms with Gasteiger partial charge in [-0.3, -0.25) is 9.35 Å². The second-order valence-electron chi connectivity index (χ2n) is 6.56. The molecule has 0 radical (unpaired) electrons. The molecule has 0 heterocycles. The molecule has 0 saturated carbocycles. The Balaban J connectivity index is 0. The van der Waals surface area contributed by atoms with Crippen molar-refractivity contribution in [2.45, 2.75) is 64.2 Å². The minimum absolute atomic E-state index is 0. The van der Waals surface area contributed by atoms with Crippen molar-refractivity contribution >= 4 is 22.0 Å². The van der Waals surface area contributed by atoms with Gasteiger partial charge in [-0.15, -0.1) is 0 Å². The van der Waals surface area contributed by atoms with Gasteiger partial charge in [0.15, 0.2) is 0 Å². The summed E-state index contributed by atoms with van der Waals surface area (Å²) in [6.07, 6.45) is 2.23. The molecule has 0 saturated heterocycles. The van der Waals surface area contributed by atoms with Crippen molar-refractivity contribution in [3.63, 3.8) is 0 Å². The number of carbonyl (C=O) groups excluding carboxylic acids is 1. The summed E-state index contributed by atoms with van der Waals surface area (Å²) >= 11 is 0. The van der Waals surface area contributed by atoms with Crippen molar-refractivity contribution < 1.29 is 27.7 Å². The van der Waals surface area contributed by atoms with Gasteiger partial charge in [-0.1, -0.05) is 12.7 Å². The van der Waals surface area contributed by atoms with E-state index in [4.69, 9.17) is 5.11 Å². The van der Waals surface area contributed by atoms with Crippen molar-refractivity contribution in [2.75, 3.05) is 0 Å². The molecule has 0 bridgehead atoms. The first-order chi connectivity index (χ1) is 10.8. The molecule has 0 aromatic rings. The highest BCUT2D eigenvalue weighted by Crippen LogP contribution is 2.21. The summed E-state index contributed by atoms with van der Waals surface area (Å²) in [6, 6.07) is 0.